The van der Waals surface area contributed by atoms with Crippen molar-refractivity contribution in [3.05, 3.63) is 59.5 Å². The fraction of sp³-hybridized carbons (Fsp3) is 0. The monoisotopic (exact) mass is 269 g/mol. The van der Waals surface area contributed by atoms with Gasteiger partial charge in [0.05, 0.1) is 5.56 Å². The van der Waals surface area contributed by atoms with Crippen LogP contribution < -0.4 is 5.32 Å². The number of thiophene rings is 1. The molecule has 1 amide bonds. The number of phenolic OH excluding ortho intramolecular Hbond substituents is 1. The molecule has 1 heterocycles. The van der Waals surface area contributed by atoms with Crippen LogP contribution in [0.3, 0.4) is 0 Å². The highest BCUT2D eigenvalue weighted by Crippen LogP contribution is 2.26. The first-order valence-electron chi connectivity index (χ1n) is 5.80. The average Bonchev–Trinajstić information content (AvgIpc) is 2.85. The Morgan fingerprint density at radius 1 is 1.05 bits per heavy atom. The largest absolute Gasteiger partial charge is 0.508 e. The van der Waals surface area contributed by atoms with Gasteiger partial charge in [-0.1, -0.05) is 18.2 Å². The molecule has 0 radical (unpaired) electrons. The Kier molecular flexibility index (Phi) is 2.93. The second-order valence-corrected chi connectivity index (χ2v) is 5.06. The average molecular weight is 269 g/mol. The number of nitrogens with one attached hydrogen (secondary N) is 1. The van der Waals surface area contributed by atoms with E-state index in [2.05, 4.69) is 5.32 Å². The summed E-state index contributed by atoms with van der Waals surface area (Å²) in [6.07, 6.45) is 0. The van der Waals surface area contributed by atoms with Crippen molar-refractivity contribution in [2.24, 2.45) is 0 Å². The van der Waals surface area contributed by atoms with Gasteiger partial charge < -0.3 is 10.4 Å². The van der Waals surface area contributed by atoms with E-state index < -0.39 is 0 Å². The minimum Gasteiger partial charge on any atom is -0.508 e. The molecule has 0 spiro atoms. The molecular formula is C15H11NO2S. The number of amides is 1. The standard InChI is InChI=1S/C15H11NO2S/c17-11-7-5-10(6-8-11)16-15(18)13-9-19-14-4-2-1-3-12(13)14/h1-9,17H,(H,16,18). The van der Waals surface area contributed by atoms with Gasteiger partial charge >= 0.3 is 0 Å². The molecule has 19 heavy (non-hydrogen) atoms. The van der Waals surface area contributed by atoms with Crippen LogP contribution in [0.2, 0.25) is 0 Å². The summed E-state index contributed by atoms with van der Waals surface area (Å²) in [7, 11) is 0. The number of rotatable bonds is 2. The summed E-state index contributed by atoms with van der Waals surface area (Å²) >= 11 is 1.55. The lowest BCUT2D eigenvalue weighted by molar-refractivity contribution is 0.102. The Morgan fingerprint density at radius 3 is 2.58 bits per heavy atom. The molecular weight excluding hydrogens is 258 g/mol. The van der Waals surface area contributed by atoms with Gasteiger partial charge in [0.2, 0.25) is 0 Å². The highest BCUT2D eigenvalue weighted by Gasteiger charge is 2.11. The molecule has 0 aliphatic heterocycles. The number of carbonyl (C=O) groups excluding carboxylic acids is 1. The first kappa shape index (κ1) is 11.7. The summed E-state index contributed by atoms with van der Waals surface area (Å²) < 4.78 is 1.10. The van der Waals surface area contributed by atoms with Crippen molar-refractivity contribution < 1.29 is 9.90 Å². The molecule has 0 atom stereocenters. The second-order valence-electron chi connectivity index (χ2n) is 4.15. The summed E-state index contributed by atoms with van der Waals surface area (Å²) in [5, 5.41) is 14.8. The van der Waals surface area contributed by atoms with E-state index in [1.54, 1.807) is 35.6 Å². The molecule has 0 unspecified atom stereocenters. The molecule has 3 rings (SSSR count). The zero-order chi connectivity index (χ0) is 13.2. The minimum atomic E-state index is -0.136. The number of fused-ring (bicyclic) bond motifs is 1. The summed E-state index contributed by atoms with van der Waals surface area (Å²) in [4.78, 5) is 12.2. The van der Waals surface area contributed by atoms with E-state index >= 15 is 0 Å². The molecule has 0 aliphatic rings. The Labute approximate surface area is 114 Å². The van der Waals surface area contributed by atoms with Crippen LogP contribution in [0.1, 0.15) is 10.4 Å². The van der Waals surface area contributed by atoms with Crippen molar-refractivity contribution >= 4 is 33.0 Å². The van der Waals surface area contributed by atoms with Crippen LogP contribution in [0.5, 0.6) is 5.75 Å². The first-order chi connectivity index (χ1) is 9.24. The van der Waals surface area contributed by atoms with Gasteiger partial charge in [-0.25, -0.2) is 0 Å². The molecule has 0 bridgehead atoms. The molecule has 3 nitrogen and oxygen atoms in total. The SMILES string of the molecule is O=C(Nc1ccc(O)cc1)c1csc2ccccc12. The van der Waals surface area contributed by atoms with Crippen LogP contribution in [0.25, 0.3) is 10.1 Å². The third kappa shape index (κ3) is 2.30. The predicted octanol–water partition coefficient (Wildman–Crippen LogP) is 3.86. The van der Waals surface area contributed by atoms with E-state index in [1.807, 2.05) is 29.6 Å². The Bertz CT molecular complexity index is 731. The van der Waals surface area contributed by atoms with Crippen molar-refractivity contribution in [2.75, 3.05) is 5.32 Å². The van der Waals surface area contributed by atoms with E-state index in [9.17, 15) is 9.90 Å². The fourth-order valence-electron chi connectivity index (χ4n) is 1.90. The van der Waals surface area contributed by atoms with E-state index in [1.165, 1.54) is 0 Å². The van der Waals surface area contributed by atoms with Crippen LogP contribution >= 0.6 is 11.3 Å². The number of hydrogen-bond donors (Lipinski definition) is 2. The van der Waals surface area contributed by atoms with Gasteiger partial charge in [-0.15, -0.1) is 11.3 Å². The number of aromatic hydroxyl groups is 1. The Hall–Kier alpha value is -2.33. The van der Waals surface area contributed by atoms with Crippen LogP contribution in [-0.4, -0.2) is 11.0 Å². The summed E-state index contributed by atoms with van der Waals surface area (Å²) in [5.74, 6) is 0.0436. The zero-order valence-corrected chi connectivity index (χ0v) is 10.8. The zero-order valence-electron chi connectivity index (χ0n) is 9.96. The topological polar surface area (TPSA) is 49.3 Å². The lowest BCUT2D eigenvalue weighted by Gasteiger charge is -2.04. The summed E-state index contributed by atoms with van der Waals surface area (Å²) in [5.41, 5.74) is 1.34. The van der Waals surface area contributed by atoms with Gasteiger partial charge in [-0.2, -0.15) is 0 Å². The third-order valence-corrected chi connectivity index (χ3v) is 3.81. The molecule has 0 saturated carbocycles. The van der Waals surface area contributed by atoms with Crippen molar-refractivity contribution in [3.63, 3.8) is 0 Å². The smallest absolute Gasteiger partial charge is 0.257 e. The van der Waals surface area contributed by atoms with Crippen LogP contribution in [0, 0.1) is 0 Å². The molecule has 0 aliphatic carbocycles. The van der Waals surface area contributed by atoms with Gasteiger partial charge in [-0.05, 0) is 30.3 Å². The molecule has 4 heteroatoms. The Morgan fingerprint density at radius 2 is 1.79 bits per heavy atom. The quantitative estimate of drug-likeness (QED) is 0.694. The van der Waals surface area contributed by atoms with Crippen molar-refractivity contribution in [1.29, 1.82) is 0 Å². The van der Waals surface area contributed by atoms with Gasteiger partial charge in [0.25, 0.3) is 5.91 Å². The maximum Gasteiger partial charge on any atom is 0.257 e. The van der Waals surface area contributed by atoms with Crippen molar-refractivity contribution in [3.8, 4) is 5.75 Å². The molecule has 0 fully saturated rings. The predicted molar refractivity (Wildman–Crippen MR) is 77.9 cm³/mol. The van der Waals surface area contributed by atoms with Gasteiger partial charge in [0.15, 0.2) is 0 Å². The van der Waals surface area contributed by atoms with Gasteiger partial charge in [0.1, 0.15) is 5.75 Å². The number of hydrogen-bond acceptors (Lipinski definition) is 3. The van der Waals surface area contributed by atoms with Gasteiger partial charge in [0, 0.05) is 21.2 Å². The molecule has 2 aromatic carbocycles. The number of phenols is 1. The van der Waals surface area contributed by atoms with Crippen LogP contribution in [0.4, 0.5) is 5.69 Å². The molecule has 0 saturated heterocycles. The minimum absolute atomic E-state index is 0.136. The summed E-state index contributed by atoms with van der Waals surface area (Å²) in [6.45, 7) is 0. The molecule has 3 aromatic rings. The maximum absolute atomic E-state index is 12.2. The number of benzene rings is 2. The van der Waals surface area contributed by atoms with E-state index in [0.717, 1.165) is 10.1 Å². The van der Waals surface area contributed by atoms with Crippen molar-refractivity contribution in [2.45, 2.75) is 0 Å². The Balaban J connectivity index is 1.90. The number of anilines is 1. The maximum atomic E-state index is 12.2. The third-order valence-electron chi connectivity index (χ3n) is 2.85. The van der Waals surface area contributed by atoms with E-state index in [4.69, 9.17) is 0 Å². The number of carbonyl (C=O) groups is 1. The first-order valence-corrected chi connectivity index (χ1v) is 6.68. The lowest BCUT2D eigenvalue weighted by Crippen LogP contribution is -2.10. The lowest BCUT2D eigenvalue weighted by atomic mass is 10.1. The summed E-state index contributed by atoms with van der Waals surface area (Å²) in [6, 6.07) is 14.2. The van der Waals surface area contributed by atoms with E-state index in [-0.39, 0.29) is 11.7 Å². The molecule has 1 aromatic heterocycles. The molecule has 94 valence electrons. The fourth-order valence-corrected chi connectivity index (χ4v) is 2.84. The highest BCUT2D eigenvalue weighted by molar-refractivity contribution is 7.17. The normalized spacial score (nSPS) is 10.5. The second kappa shape index (κ2) is 4.74. The highest BCUT2D eigenvalue weighted by atomic mass is 32.1. The van der Waals surface area contributed by atoms with Gasteiger partial charge in [-0.3, -0.25) is 4.79 Å². The van der Waals surface area contributed by atoms with Crippen molar-refractivity contribution in [1.82, 2.24) is 0 Å². The van der Waals surface area contributed by atoms with Crippen LogP contribution in [-0.2, 0) is 0 Å². The van der Waals surface area contributed by atoms with Crippen LogP contribution in [0.15, 0.2) is 53.9 Å². The molecule has 2 N–H and O–H groups in total. The van der Waals surface area contributed by atoms with E-state index in [0.29, 0.717) is 11.3 Å².